The van der Waals surface area contributed by atoms with Crippen molar-refractivity contribution < 1.29 is 0 Å². The number of aryl methyl sites for hydroxylation is 1. The number of hydrogen-bond acceptors (Lipinski definition) is 5. The van der Waals surface area contributed by atoms with Gasteiger partial charge in [-0.1, -0.05) is 30.3 Å². The van der Waals surface area contributed by atoms with Crippen molar-refractivity contribution in [3.63, 3.8) is 0 Å². The van der Waals surface area contributed by atoms with Crippen LogP contribution < -0.4 is 5.56 Å². The highest BCUT2D eigenvalue weighted by Crippen LogP contribution is 2.37. The second-order valence-corrected chi connectivity index (χ2v) is 9.76. The van der Waals surface area contributed by atoms with E-state index in [-0.39, 0.29) is 10.8 Å². The molecule has 0 fully saturated rings. The lowest BCUT2D eigenvalue weighted by Gasteiger charge is -2.18. The second kappa shape index (κ2) is 7.31. The summed E-state index contributed by atoms with van der Waals surface area (Å²) in [6, 6.07) is 9.38. The molecule has 2 heterocycles. The van der Waals surface area contributed by atoms with Crippen LogP contribution in [0.2, 0.25) is 5.02 Å². The van der Waals surface area contributed by atoms with Crippen LogP contribution in [-0.2, 0) is 12.8 Å². The summed E-state index contributed by atoms with van der Waals surface area (Å²) in [6.07, 6.45) is 3.03. The third-order valence-electron chi connectivity index (χ3n) is 4.85. The second-order valence-electron chi connectivity index (χ2n) is 6.93. The lowest BCUT2D eigenvalue weighted by atomic mass is 9.89. The quantitative estimate of drug-likeness (QED) is 0.434. The van der Waals surface area contributed by atoms with Gasteiger partial charge in [-0.2, -0.15) is 5.26 Å². The molecule has 1 aromatic carbocycles. The molecular formula is C20H18ClN3OS2. The number of benzene rings is 1. The third-order valence-corrected chi connectivity index (χ3v) is 7.19. The molecule has 0 amide bonds. The topological polar surface area (TPSA) is 58.7 Å². The number of thiophene rings is 1. The number of halogens is 1. The van der Waals surface area contributed by atoms with Crippen LogP contribution in [0.15, 0.2) is 34.2 Å². The molecule has 0 radical (unpaired) electrons. The zero-order chi connectivity index (χ0) is 19.1. The average molecular weight is 416 g/mol. The van der Waals surface area contributed by atoms with Gasteiger partial charge in [0.05, 0.1) is 22.4 Å². The monoisotopic (exact) mass is 415 g/mol. The molecular weight excluding hydrogens is 398 g/mol. The number of fused-ring (bicyclic) bond motifs is 3. The Bertz CT molecular complexity index is 1110. The number of aromatic nitrogens is 2. The summed E-state index contributed by atoms with van der Waals surface area (Å²) in [5.74, 6) is 0.636. The maximum atomic E-state index is 13.5. The third kappa shape index (κ3) is 3.40. The highest BCUT2D eigenvalue weighted by Gasteiger charge is 2.25. The zero-order valence-electron chi connectivity index (χ0n) is 15.0. The van der Waals surface area contributed by atoms with Crippen molar-refractivity contribution >= 4 is 44.9 Å². The van der Waals surface area contributed by atoms with Gasteiger partial charge >= 0.3 is 0 Å². The predicted octanol–water partition coefficient (Wildman–Crippen LogP) is 5.23. The normalized spacial score (nSPS) is 17.5. The van der Waals surface area contributed by atoms with E-state index < -0.39 is 0 Å². The molecule has 4 rings (SSSR count). The standard InChI is InChI=1S/C20H18ClN3OS2/c1-11-3-8-15-16(9-11)27-18-17(15)19(25)24(14-6-4-13(21)5-7-14)20(23-18)26-12(2)10-22/h4-7,11-12H,3,8-9H2,1-2H3/t11-,12-/m1/s1. The van der Waals surface area contributed by atoms with Crippen molar-refractivity contribution in [1.29, 1.82) is 5.26 Å². The summed E-state index contributed by atoms with van der Waals surface area (Å²) in [4.78, 5) is 20.4. The van der Waals surface area contributed by atoms with Gasteiger partial charge in [0.25, 0.3) is 5.56 Å². The summed E-state index contributed by atoms with van der Waals surface area (Å²) in [5.41, 5.74) is 1.83. The van der Waals surface area contributed by atoms with Crippen LogP contribution in [0.4, 0.5) is 0 Å². The molecule has 0 N–H and O–H groups in total. The lowest BCUT2D eigenvalue weighted by molar-refractivity contribution is 0.509. The van der Waals surface area contributed by atoms with Crippen LogP contribution in [0.3, 0.4) is 0 Å². The predicted molar refractivity (Wildman–Crippen MR) is 112 cm³/mol. The maximum absolute atomic E-state index is 13.5. The SMILES string of the molecule is C[C@@H]1CCc2c(sc3nc(S[C@H](C)C#N)n(-c4ccc(Cl)cc4)c(=O)c23)C1. The van der Waals surface area contributed by atoms with Crippen LogP contribution in [0.1, 0.15) is 30.7 Å². The molecule has 0 unspecified atom stereocenters. The van der Waals surface area contributed by atoms with E-state index in [4.69, 9.17) is 16.6 Å². The van der Waals surface area contributed by atoms with Gasteiger partial charge in [0.2, 0.25) is 0 Å². The Morgan fingerprint density at radius 3 is 2.85 bits per heavy atom. The first-order chi connectivity index (χ1) is 13.0. The molecule has 7 heteroatoms. The lowest BCUT2D eigenvalue weighted by Crippen LogP contribution is -2.23. The highest BCUT2D eigenvalue weighted by atomic mass is 35.5. The summed E-state index contributed by atoms with van der Waals surface area (Å²) in [7, 11) is 0. The molecule has 2 aromatic heterocycles. The Labute approximate surface area is 170 Å². The molecule has 2 atom stereocenters. The first-order valence-corrected chi connectivity index (χ1v) is 10.9. The van der Waals surface area contributed by atoms with Crippen molar-refractivity contribution in [2.24, 2.45) is 5.92 Å². The van der Waals surface area contributed by atoms with E-state index >= 15 is 0 Å². The Morgan fingerprint density at radius 1 is 1.41 bits per heavy atom. The van der Waals surface area contributed by atoms with Crippen molar-refractivity contribution in [2.75, 3.05) is 0 Å². The molecule has 27 heavy (non-hydrogen) atoms. The molecule has 0 spiro atoms. The van der Waals surface area contributed by atoms with E-state index in [0.717, 1.165) is 40.7 Å². The zero-order valence-corrected chi connectivity index (χ0v) is 17.4. The van der Waals surface area contributed by atoms with Gasteiger partial charge < -0.3 is 0 Å². The Kier molecular flexibility index (Phi) is 5.02. The summed E-state index contributed by atoms with van der Waals surface area (Å²) >= 11 is 8.96. The number of nitrogens with zero attached hydrogens (tertiary/aromatic N) is 3. The van der Waals surface area contributed by atoms with Gasteiger partial charge in [-0.15, -0.1) is 11.3 Å². The van der Waals surface area contributed by atoms with Crippen LogP contribution in [-0.4, -0.2) is 14.8 Å². The van der Waals surface area contributed by atoms with Gasteiger partial charge in [-0.25, -0.2) is 4.98 Å². The number of hydrogen-bond donors (Lipinski definition) is 0. The molecule has 1 aliphatic rings. The molecule has 3 aromatic rings. The van der Waals surface area contributed by atoms with E-state index in [9.17, 15) is 10.1 Å². The first-order valence-electron chi connectivity index (χ1n) is 8.87. The van der Waals surface area contributed by atoms with Crippen molar-refractivity contribution in [2.45, 2.75) is 43.5 Å². The average Bonchev–Trinajstić information content (AvgIpc) is 3.00. The first kappa shape index (κ1) is 18.5. The van der Waals surface area contributed by atoms with Gasteiger partial charge in [0, 0.05) is 9.90 Å². The van der Waals surface area contributed by atoms with Gasteiger partial charge in [-0.05, 0) is 61.9 Å². The fourth-order valence-electron chi connectivity index (χ4n) is 3.45. The smallest absolute Gasteiger partial charge is 0.267 e. The molecule has 0 bridgehead atoms. The van der Waals surface area contributed by atoms with E-state index in [0.29, 0.717) is 16.1 Å². The van der Waals surface area contributed by atoms with Crippen LogP contribution in [0.5, 0.6) is 0 Å². The number of thioether (sulfide) groups is 1. The molecule has 4 nitrogen and oxygen atoms in total. The minimum atomic E-state index is -0.303. The van der Waals surface area contributed by atoms with Crippen LogP contribution >= 0.6 is 34.7 Å². The molecule has 1 aliphatic carbocycles. The van der Waals surface area contributed by atoms with Gasteiger partial charge in [0.1, 0.15) is 4.83 Å². The molecule has 138 valence electrons. The summed E-state index contributed by atoms with van der Waals surface area (Å²) in [5, 5.41) is 10.8. The largest absolute Gasteiger partial charge is 0.268 e. The Morgan fingerprint density at radius 2 is 2.15 bits per heavy atom. The van der Waals surface area contributed by atoms with Crippen LogP contribution in [0.25, 0.3) is 15.9 Å². The maximum Gasteiger partial charge on any atom is 0.267 e. The van der Waals surface area contributed by atoms with Crippen molar-refractivity contribution in [3.05, 3.63) is 50.1 Å². The minimum Gasteiger partial charge on any atom is -0.268 e. The summed E-state index contributed by atoms with van der Waals surface area (Å²) in [6.45, 7) is 4.07. The van der Waals surface area contributed by atoms with Crippen molar-refractivity contribution in [3.8, 4) is 11.8 Å². The van der Waals surface area contributed by atoms with E-state index in [1.807, 2.05) is 19.1 Å². The molecule has 0 saturated heterocycles. The molecule has 0 aliphatic heterocycles. The Hall–Kier alpha value is -1.81. The summed E-state index contributed by atoms with van der Waals surface area (Å²) < 4.78 is 1.63. The number of rotatable bonds is 3. The van der Waals surface area contributed by atoms with Gasteiger partial charge in [-0.3, -0.25) is 9.36 Å². The minimum absolute atomic E-state index is 0.0537. The van der Waals surface area contributed by atoms with E-state index in [1.165, 1.54) is 16.6 Å². The van der Waals surface area contributed by atoms with E-state index in [2.05, 4.69) is 13.0 Å². The van der Waals surface area contributed by atoms with Gasteiger partial charge in [0.15, 0.2) is 5.16 Å². The number of nitriles is 1. The Balaban J connectivity index is 1.99. The fraction of sp³-hybridized carbons (Fsp3) is 0.350. The highest BCUT2D eigenvalue weighted by molar-refractivity contribution is 8.00. The van der Waals surface area contributed by atoms with Crippen molar-refractivity contribution in [1.82, 2.24) is 9.55 Å². The van der Waals surface area contributed by atoms with E-state index in [1.54, 1.807) is 28.0 Å². The fourth-order valence-corrected chi connectivity index (χ4v) is 5.82. The van der Waals surface area contributed by atoms with Crippen LogP contribution in [0, 0.1) is 17.2 Å². The molecule has 0 saturated carbocycles.